The van der Waals surface area contributed by atoms with Gasteiger partial charge in [-0.1, -0.05) is 51.7 Å². The molecule has 0 N–H and O–H groups in total. The third-order valence-electron chi connectivity index (χ3n) is 2.50. The summed E-state index contributed by atoms with van der Waals surface area (Å²) in [7, 11) is 0. The SMILES string of the molecule is C/C=C\CCCCCC(C)CC. The molecule has 0 bridgehead atoms. The monoisotopic (exact) mass is 168 g/mol. The lowest BCUT2D eigenvalue weighted by molar-refractivity contribution is 0.479. The van der Waals surface area contributed by atoms with Crippen LogP contribution in [0.3, 0.4) is 0 Å². The van der Waals surface area contributed by atoms with Gasteiger partial charge < -0.3 is 0 Å². The van der Waals surface area contributed by atoms with Gasteiger partial charge in [-0.2, -0.15) is 0 Å². The quantitative estimate of drug-likeness (QED) is 0.386. The van der Waals surface area contributed by atoms with E-state index in [9.17, 15) is 0 Å². The summed E-state index contributed by atoms with van der Waals surface area (Å²) in [6, 6.07) is 0. The lowest BCUT2D eigenvalue weighted by Gasteiger charge is -2.06. The zero-order valence-electron chi connectivity index (χ0n) is 8.97. The average Bonchev–Trinajstić information content (AvgIpc) is 2.10. The van der Waals surface area contributed by atoms with Crippen LogP contribution in [0, 0.1) is 5.92 Å². The third-order valence-corrected chi connectivity index (χ3v) is 2.50. The molecule has 12 heavy (non-hydrogen) atoms. The molecule has 0 radical (unpaired) electrons. The smallest absolute Gasteiger partial charge is 0.0351 e. The Balaban J connectivity index is 3.00. The molecule has 0 aromatic rings. The van der Waals surface area contributed by atoms with Crippen LogP contribution in [-0.2, 0) is 0 Å². The van der Waals surface area contributed by atoms with E-state index >= 15 is 0 Å². The minimum atomic E-state index is 0.937. The van der Waals surface area contributed by atoms with Gasteiger partial charge in [0.05, 0.1) is 0 Å². The Labute approximate surface area is 78.1 Å². The molecule has 0 heteroatoms. The first-order valence-corrected chi connectivity index (χ1v) is 5.42. The number of hydrogen-bond acceptors (Lipinski definition) is 0. The molecule has 72 valence electrons. The lowest BCUT2D eigenvalue weighted by atomic mass is 10.0. The van der Waals surface area contributed by atoms with Crippen molar-refractivity contribution in [2.24, 2.45) is 5.92 Å². The number of unbranched alkanes of at least 4 members (excludes halogenated alkanes) is 3. The summed E-state index contributed by atoms with van der Waals surface area (Å²) in [5, 5.41) is 0. The molecular weight excluding hydrogens is 144 g/mol. The van der Waals surface area contributed by atoms with Crippen LogP contribution in [0.1, 0.15) is 59.3 Å². The normalized spacial score (nSPS) is 13.9. The Kier molecular flexibility index (Phi) is 8.64. The molecular formula is C12H24. The molecule has 1 unspecified atom stereocenters. The van der Waals surface area contributed by atoms with Crippen molar-refractivity contribution in [3.8, 4) is 0 Å². The van der Waals surface area contributed by atoms with Gasteiger partial charge >= 0.3 is 0 Å². The highest BCUT2D eigenvalue weighted by atomic mass is 14.0. The second kappa shape index (κ2) is 8.83. The molecule has 0 amide bonds. The molecule has 0 spiro atoms. The Morgan fingerprint density at radius 1 is 1.17 bits per heavy atom. The van der Waals surface area contributed by atoms with Gasteiger partial charge in [0.15, 0.2) is 0 Å². The van der Waals surface area contributed by atoms with E-state index in [2.05, 4.69) is 32.9 Å². The first kappa shape index (κ1) is 11.7. The molecule has 0 heterocycles. The van der Waals surface area contributed by atoms with E-state index in [0.717, 1.165) is 5.92 Å². The highest BCUT2D eigenvalue weighted by Crippen LogP contribution is 2.12. The molecule has 1 atom stereocenters. The maximum Gasteiger partial charge on any atom is -0.0351 e. The van der Waals surface area contributed by atoms with E-state index in [1.807, 2.05) is 0 Å². The van der Waals surface area contributed by atoms with Crippen molar-refractivity contribution in [2.45, 2.75) is 59.3 Å². The van der Waals surface area contributed by atoms with Gasteiger partial charge in [-0.15, -0.1) is 0 Å². The molecule has 0 saturated heterocycles. The highest BCUT2D eigenvalue weighted by molar-refractivity contribution is 4.76. The topological polar surface area (TPSA) is 0 Å². The maximum absolute atomic E-state index is 2.35. The second-order valence-corrected chi connectivity index (χ2v) is 3.72. The van der Waals surface area contributed by atoms with Crippen molar-refractivity contribution < 1.29 is 0 Å². The Hall–Kier alpha value is -0.260. The Bertz CT molecular complexity index is 103. The molecule has 0 aliphatic heterocycles. The van der Waals surface area contributed by atoms with Crippen molar-refractivity contribution in [3.05, 3.63) is 12.2 Å². The average molecular weight is 168 g/mol. The van der Waals surface area contributed by atoms with Gasteiger partial charge in [-0.05, 0) is 25.7 Å². The standard InChI is InChI=1S/C12H24/c1-4-6-7-8-9-10-11-12(3)5-2/h4,6,12H,5,7-11H2,1-3H3/b6-4-. The van der Waals surface area contributed by atoms with Gasteiger partial charge in [-0.3, -0.25) is 0 Å². The fourth-order valence-electron chi connectivity index (χ4n) is 1.30. The van der Waals surface area contributed by atoms with Crippen LogP contribution in [0.25, 0.3) is 0 Å². The molecule has 0 rings (SSSR count). The Morgan fingerprint density at radius 2 is 1.92 bits per heavy atom. The number of allylic oxidation sites excluding steroid dienone is 2. The van der Waals surface area contributed by atoms with Crippen LogP contribution in [0.2, 0.25) is 0 Å². The zero-order valence-corrected chi connectivity index (χ0v) is 8.97. The molecule has 0 aliphatic rings. The van der Waals surface area contributed by atoms with Gasteiger partial charge in [-0.25, -0.2) is 0 Å². The van der Waals surface area contributed by atoms with Crippen molar-refractivity contribution in [2.75, 3.05) is 0 Å². The zero-order chi connectivity index (χ0) is 9.23. The Morgan fingerprint density at radius 3 is 2.50 bits per heavy atom. The second-order valence-electron chi connectivity index (χ2n) is 3.72. The molecule has 0 aromatic heterocycles. The third kappa shape index (κ3) is 7.84. The van der Waals surface area contributed by atoms with E-state index in [0.29, 0.717) is 0 Å². The van der Waals surface area contributed by atoms with Crippen LogP contribution in [-0.4, -0.2) is 0 Å². The van der Waals surface area contributed by atoms with E-state index in [1.165, 1.54) is 38.5 Å². The minimum absolute atomic E-state index is 0.937. The fraction of sp³-hybridized carbons (Fsp3) is 0.833. The van der Waals surface area contributed by atoms with Crippen molar-refractivity contribution in [1.82, 2.24) is 0 Å². The van der Waals surface area contributed by atoms with Gasteiger partial charge in [0.1, 0.15) is 0 Å². The fourth-order valence-corrected chi connectivity index (χ4v) is 1.30. The summed E-state index contributed by atoms with van der Waals surface area (Å²) in [4.78, 5) is 0. The largest absolute Gasteiger partial charge is 0.0917 e. The van der Waals surface area contributed by atoms with Gasteiger partial charge in [0, 0.05) is 0 Å². The van der Waals surface area contributed by atoms with Crippen molar-refractivity contribution in [1.29, 1.82) is 0 Å². The predicted molar refractivity (Wildman–Crippen MR) is 57.4 cm³/mol. The van der Waals surface area contributed by atoms with Gasteiger partial charge in [0.2, 0.25) is 0 Å². The predicted octanol–water partition coefficient (Wildman–Crippen LogP) is 4.56. The van der Waals surface area contributed by atoms with E-state index < -0.39 is 0 Å². The van der Waals surface area contributed by atoms with Crippen LogP contribution < -0.4 is 0 Å². The molecule has 0 aromatic carbocycles. The molecule has 0 nitrogen and oxygen atoms in total. The van der Waals surface area contributed by atoms with Crippen LogP contribution in [0.4, 0.5) is 0 Å². The van der Waals surface area contributed by atoms with E-state index in [-0.39, 0.29) is 0 Å². The number of hydrogen-bond donors (Lipinski definition) is 0. The summed E-state index contributed by atoms with van der Waals surface area (Å²) in [6.45, 7) is 6.73. The molecule has 0 saturated carbocycles. The minimum Gasteiger partial charge on any atom is -0.0917 e. The highest BCUT2D eigenvalue weighted by Gasteiger charge is 1.96. The van der Waals surface area contributed by atoms with Crippen molar-refractivity contribution >= 4 is 0 Å². The summed E-state index contributed by atoms with van der Waals surface area (Å²) in [5.74, 6) is 0.937. The van der Waals surface area contributed by atoms with Crippen LogP contribution >= 0.6 is 0 Å². The lowest BCUT2D eigenvalue weighted by Crippen LogP contribution is -1.91. The van der Waals surface area contributed by atoms with Crippen LogP contribution in [0.15, 0.2) is 12.2 Å². The summed E-state index contributed by atoms with van der Waals surface area (Å²) in [6.07, 6.45) is 12.7. The molecule has 0 fully saturated rings. The number of rotatable bonds is 7. The van der Waals surface area contributed by atoms with Gasteiger partial charge in [0.25, 0.3) is 0 Å². The first-order valence-electron chi connectivity index (χ1n) is 5.42. The van der Waals surface area contributed by atoms with Crippen LogP contribution in [0.5, 0.6) is 0 Å². The van der Waals surface area contributed by atoms with E-state index in [4.69, 9.17) is 0 Å². The first-order chi connectivity index (χ1) is 5.81. The summed E-state index contributed by atoms with van der Waals surface area (Å²) < 4.78 is 0. The van der Waals surface area contributed by atoms with E-state index in [1.54, 1.807) is 0 Å². The summed E-state index contributed by atoms with van der Waals surface area (Å²) in [5.41, 5.74) is 0. The molecule has 0 aliphatic carbocycles. The maximum atomic E-state index is 2.35. The summed E-state index contributed by atoms with van der Waals surface area (Å²) >= 11 is 0. The van der Waals surface area contributed by atoms with Crippen molar-refractivity contribution in [3.63, 3.8) is 0 Å².